The van der Waals surface area contributed by atoms with Crippen molar-refractivity contribution in [1.29, 1.82) is 0 Å². The molecule has 1 saturated carbocycles. The molecular weight excluding hydrogens is 306 g/mol. The molecule has 1 fully saturated rings. The zero-order valence-electron chi connectivity index (χ0n) is 15.6. The Labute approximate surface area is 152 Å². The molecule has 0 spiro atoms. The lowest BCUT2D eigenvalue weighted by molar-refractivity contribution is 0.324. The molecule has 0 amide bonds. The Morgan fingerprint density at radius 2 is 1.72 bits per heavy atom. The molecule has 1 aliphatic carbocycles. The number of benzene rings is 2. The van der Waals surface area contributed by atoms with Crippen LogP contribution in [0.5, 0.6) is 5.75 Å². The fourth-order valence-corrected chi connectivity index (χ4v) is 4.06. The van der Waals surface area contributed by atoms with E-state index >= 15 is 0 Å². The SMILES string of the molecule is COc1ccc(C2CCCCC2NCCC(C)c2ccccc2)cc1. The maximum absolute atomic E-state index is 5.30. The van der Waals surface area contributed by atoms with Gasteiger partial charge in [-0.25, -0.2) is 0 Å². The first-order chi connectivity index (χ1) is 12.3. The van der Waals surface area contributed by atoms with Crippen LogP contribution >= 0.6 is 0 Å². The van der Waals surface area contributed by atoms with Crippen LogP contribution in [0.1, 0.15) is 62.0 Å². The smallest absolute Gasteiger partial charge is 0.118 e. The average molecular weight is 338 g/mol. The van der Waals surface area contributed by atoms with E-state index in [9.17, 15) is 0 Å². The second-order valence-electron chi connectivity index (χ2n) is 7.33. The van der Waals surface area contributed by atoms with Crippen LogP contribution in [0.3, 0.4) is 0 Å². The summed E-state index contributed by atoms with van der Waals surface area (Å²) in [6, 6.07) is 20.1. The van der Waals surface area contributed by atoms with Crippen molar-refractivity contribution >= 4 is 0 Å². The van der Waals surface area contributed by atoms with E-state index in [-0.39, 0.29) is 0 Å². The van der Waals surface area contributed by atoms with Crippen LogP contribution in [0.2, 0.25) is 0 Å². The van der Waals surface area contributed by atoms with Gasteiger partial charge in [0.05, 0.1) is 7.11 Å². The van der Waals surface area contributed by atoms with E-state index in [1.54, 1.807) is 7.11 Å². The van der Waals surface area contributed by atoms with Gasteiger partial charge in [-0.15, -0.1) is 0 Å². The Morgan fingerprint density at radius 1 is 1.00 bits per heavy atom. The van der Waals surface area contributed by atoms with E-state index in [2.05, 4.69) is 66.8 Å². The second-order valence-corrected chi connectivity index (χ2v) is 7.33. The predicted molar refractivity (Wildman–Crippen MR) is 105 cm³/mol. The van der Waals surface area contributed by atoms with Gasteiger partial charge in [-0.2, -0.15) is 0 Å². The van der Waals surface area contributed by atoms with Gasteiger partial charge in [0.2, 0.25) is 0 Å². The fourth-order valence-electron chi connectivity index (χ4n) is 4.06. The molecule has 1 aliphatic rings. The fraction of sp³-hybridized carbons (Fsp3) is 0.478. The van der Waals surface area contributed by atoms with Gasteiger partial charge in [-0.05, 0) is 60.9 Å². The predicted octanol–water partition coefficient (Wildman–Crippen LogP) is 5.50. The van der Waals surface area contributed by atoms with Crippen molar-refractivity contribution in [3.63, 3.8) is 0 Å². The normalized spacial score (nSPS) is 21.7. The van der Waals surface area contributed by atoms with Crippen LogP contribution in [-0.2, 0) is 0 Å². The highest BCUT2D eigenvalue weighted by Gasteiger charge is 2.26. The van der Waals surface area contributed by atoms with Crippen molar-refractivity contribution in [3.8, 4) is 5.75 Å². The van der Waals surface area contributed by atoms with Crippen LogP contribution in [0.25, 0.3) is 0 Å². The van der Waals surface area contributed by atoms with E-state index in [0.29, 0.717) is 17.9 Å². The summed E-state index contributed by atoms with van der Waals surface area (Å²) in [4.78, 5) is 0. The highest BCUT2D eigenvalue weighted by atomic mass is 16.5. The summed E-state index contributed by atoms with van der Waals surface area (Å²) < 4.78 is 5.30. The van der Waals surface area contributed by atoms with Crippen molar-refractivity contribution in [3.05, 3.63) is 65.7 Å². The number of nitrogens with one attached hydrogen (secondary N) is 1. The molecule has 0 bridgehead atoms. The lowest BCUT2D eigenvalue weighted by atomic mass is 9.80. The second kappa shape index (κ2) is 9.05. The van der Waals surface area contributed by atoms with Crippen LogP contribution in [-0.4, -0.2) is 19.7 Å². The summed E-state index contributed by atoms with van der Waals surface area (Å²) in [5.41, 5.74) is 2.90. The van der Waals surface area contributed by atoms with E-state index in [1.807, 2.05) is 0 Å². The number of rotatable bonds is 7. The molecule has 2 nitrogen and oxygen atoms in total. The van der Waals surface area contributed by atoms with E-state index in [4.69, 9.17) is 4.74 Å². The number of methoxy groups -OCH3 is 1. The molecule has 0 radical (unpaired) electrons. The molecule has 134 valence electrons. The van der Waals surface area contributed by atoms with E-state index in [0.717, 1.165) is 12.3 Å². The molecule has 2 heteroatoms. The maximum atomic E-state index is 5.30. The van der Waals surface area contributed by atoms with Gasteiger partial charge in [-0.1, -0.05) is 62.2 Å². The van der Waals surface area contributed by atoms with Crippen LogP contribution in [0.15, 0.2) is 54.6 Å². The third-order valence-corrected chi connectivity index (χ3v) is 5.66. The third-order valence-electron chi connectivity index (χ3n) is 5.66. The summed E-state index contributed by atoms with van der Waals surface area (Å²) in [7, 11) is 1.73. The molecule has 25 heavy (non-hydrogen) atoms. The van der Waals surface area contributed by atoms with Gasteiger partial charge < -0.3 is 10.1 Å². The number of hydrogen-bond donors (Lipinski definition) is 1. The molecule has 3 unspecified atom stereocenters. The minimum absolute atomic E-state index is 0.602. The Kier molecular flexibility index (Phi) is 6.52. The summed E-state index contributed by atoms with van der Waals surface area (Å²) in [5.74, 6) is 2.18. The van der Waals surface area contributed by atoms with Gasteiger partial charge in [-0.3, -0.25) is 0 Å². The first-order valence-electron chi connectivity index (χ1n) is 9.70. The molecule has 3 rings (SSSR count). The molecule has 0 saturated heterocycles. The Morgan fingerprint density at radius 3 is 2.44 bits per heavy atom. The molecule has 2 aromatic rings. The average Bonchev–Trinajstić information content (AvgIpc) is 2.69. The van der Waals surface area contributed by atoms with Crippen molar-refractivity contribution in [2.75, 3.05) is 13.7 Å². The standard InChI is InChI=1S/C23H31NO/c1-18(19-8-4-3-5-9-19)16-17-24-23-11-7-6-10-22(23)20-12-14-21(25-2)15-13-20/h3-5,8-9,12-15,18,22-24H,6-7,10-11,16-17H2,1-2H3. The van der Waals surface area contributed by atoms with Gasteiger partial charge in [0.25, 0.3) is 0 Å². The third kappa shape index (κ3) is 4.85. The highest BCUT2D eigenvalue weighted by molar-refractivity contribution is 5.30. The topological polar surface area (TPSA) is 21.3 Å². The first-order valence-corrected chi connectivity index (χ1v) is 9.70. The van der Waals surface area contributed by atoms with Crippen molar-refractivity contribution in [2.24, 2.45) is 0 Å². The Balaban J connectivity index is 1.55. The maximum Gasteiger partial charge on any atom is 0.118 e. The Hall–Kier alpha value is -1.80. The van der Waals surface area contributed by atoms with Crippen molar-refractivity contribution in [2.45, 2.75) is 56.9 Å². The summed E-state index contributed by atoms with van der Waals surface area (Å²) in [6.45, 7) is 3.42. The molecule has 1 N–H and O–H groups in total. The molecule has 0 heterocycles. The van der Waals surface area contributed by atoms with Gasteiger partial charge in [0.1, 0.15) is 5.75 Å². The number of ether oxygens (including phenoxy) is 1. The quantitative estimate of drug-likeness (QED) is 0.720. The lowest BCUT2D eigenvalue weighted by Gasteiger charge is -2.33. The zero-order valence-corrected chi connectivity index (χ0v) is 15.6. The zero-order chi connectivity index (χ0) is 17.5. The van der Waals surface area contributed by atoms with Crippen molar-refractivity contribution in [1.82, 2.24) is 5.32 Å². The minimum atomic E-state index is 0.602. The van der Waals surface area contributed by atoms with Crippen LogP contribution in [0.4, 0.5) is 0 Å². The summed E-state index contributed by atoms with van der Waals surface area (Å²) >= 11 is 0. The molecular formula is C23H31NO. The van der Waals surface area contributed by atoms with E-state index < -0.39 is 0 Å². The monoisotopic (exact) mass is 337 g/mol. The Bertz CT molecular complexity index is 622. The summed E-state index contributed by atoms with van der Waals surface area (Å²) in [6.07, 6.45) is 6.46. The van der Waals surface area contributed by atoms with E-state index in [1.165, 1.54) is 43.2 Å². The molecule has 0 aliphatic heterocycles. The van der Waals surface area contributed by atoms with Gasteiger partial charge in [0.15, 0.2) is 0 Å². The van der Waals surface area contributed by atoms with Gasteiger partial charge >= 0.3 is 0 Å². The summed E-state index contributed by atoms with van der Waals surface area (Å²) in [5, 5.41) is 3.87. The molecule has 2 aromatic carbocycles. The number of hydrogen-bond acceptors (Lipinski definition) is 2. The minimum Gasteiger partial charge on any atom is -0.497 e. The first kappa shape index (κ1) is 18.0. The van der Waals surface area contributed by atoms with Crippen molar-refractivity contribution < 1.29 is 4.74 Å². The molecule has 0 aromatic heterocycles. The highest BCUT2D eigenvalue weighted by Crippen LogP contribution is 2.34. The largest absolute Gasteiger partial charge is 0.497 e. The van der Waals surface area contributed by atoms with Crippen LogP contribution in [0, 0.1) is 0 Å². The molecule has 3 atom stereocenters. The van der Waals surface area contributed by atoms with Crippen LogP contribution < -0.4 is 10.1 Å². The van der Waals surface area contributed by atoms with Gasteiger partial charge in [0, 0.05) is 6.04 Å². The lowest BCUT2D eigenvalue weighted by Crippen LogP contribution is -2.38.